The Bertz CT molecular complexity index is 769. The van der Waals surface area contributed by atoms with E-state index in [2.05, 4.69) is 12.8 Å². The van der Waals surface area contributed by atoms with Gasteiger partial charge in [-0.05, 0) is 73.7 Å². The van der Waals surface area contributed by atoms with Gasteiger partial charge in [-0.3, -0.25) is 4.79 Å². The number of terminal acetylenes is 1. The van der Waals surface area contributed by atoms with Crippen LogP contribution in [0, 0.1) is 40.9 Å². The molecule has 3 unspecified atom stereocenters. The number of hydrogen-bond acceptors (Lipinski definition) is 4. The van der Waals surface area contributed by atoms with Crippen molar-refractivity contribution in [3.8, 4) is 12.3 Å². The Morgan fingerprint density at radius 3 is 2.61 bits per heavy atom. The minimum atomic E-state index is -1.47. The minimum absolute atomic E-state index is 0.130. The number of allylic oxidation sites excluding steroid dienone is 1. The van der Waals surface area contributed by atoms with Crippen LogP contribution in [0.25, 0.3) is 0 Å². The summed E-state index contributed by atoms with van der Waals surface area (Å²) in [5, 5.41) is 21.4. The number of aliphatic hydroxyl groups excluding tert-OH is 1. The lowest BCUT2D eigenvalue weighted by molar-refractivity contribution is -0.163. The predicted molar refractivity (Wildman–Crippen MR) is 102 cm³/mol. The lowest BCUT2D eigenvalue weighted by Gasteiger charge is -2.58. The van der Waals surface area contributed by atoms with Crippen LogP contribution in [0.4, 0.5) is 4.39 Å². The van der Waals surface area contributed by atoms with E-state index in [9.17, 15) is 19.4 Å². The highest BCUT2D eigenvalue weighted by atomic mass is 19.1. The third-order valence-electron chi connectivity index (χ3n) is 8.91. The van der Waals surface area contributed by atoms with Gasteiger partial charge >= 0.3 is 5.97 Å². The maximum atomic E-state index is 14.7. The Balaban J connectivity index is 1.71. The molecular weight excluding hydrogens is 359 g/mol. The first-order valence-corrected chi connectivity index (χ1v) is 10.5. The molecule has 3 fully saturated rings. The Hall–Kier alpha value is -1.38. The third-order valence-corrected chi connectivity index (χ3v) is 8.91. The average molecular weight is 390 g/mol. The van der Waals surface area contributed by atoms with Crippen molar-refractivity contribution in [3.05, 3.63) is 11.4 Å². The van der Waals surface area contributed by atoms with E-state index in [1.54, 1.807) is 0 Å². The van der Waals surface area contributed by atoms with Gasteiger partial charge in [0.05, 0.1) is 0 Å². The van der Waals surface area contributed by atoms with Gasteiger partial charge in [-0.1, -0.05) is 19.8 Å². The van der Waals surface area contributed by atoms with Crippen molar-refractivity contribution in [2.24, 2.45) is 28.6 Å². The maximum absolute atomic E-state index is 14.7. The summed E-state index contributed by atoms with van der Waals surface area (Å²) in [4.78, 5) is 11.6. The Morgan fingerprint density at radius 2 is 1.96 bits per heavy atom. The van der Waals surface area contributed by atoms with Crippen LogP contribution in [0.3, 0.4) is 0 Å². The zero-order valence-electron chi connectivity index (χ0n) is 17.0. The topological polar surface area (TPSA) is 66.8 Å². The molecule has 0 bridgehead atoms. The highest BCUT2D eigenvalue weighted by Gasteiger charge is 2.68. The molecule has 2 N–H and O–H groups in total. The number of carbonyl (C=O) groups excluding carboxylic acids is 1. The summed E-state index contributed by atoms with van der Waals surface area (Å²) in [6, 6.07) is 0. The Morgan fingerprint density at radius 1 is 1.25 bits per heavy atom. The third kappa shape index (κ3) is 2.40. The molecule has 3 saturated carbocycles. The van der Waals surface area contributed by atoms with Gasteiger partial charge in [0.15, 0.2) is 5.60 Å². The van der Waals surface area contributed by atoms with Crippen molar-refractivity contribution in [3.63, 3.8) is 0 Å². The van der Waals surface area contributed by atoms with E-state index in [1.165, 1.54) is 6.92 Å². The van der Waals surface area contributed by atoms with Crippen LogP contribution in [-0.4, -0.2) is 34.0 Å². The van der Waals surface area contributed by atoms with Gasteiger partial charge in [0.2, 0.25) is 0 Å². The summed E-state index contributed by atoms with van der Waals surface area (Å²) in [5.41, 5.74) is -1.44. The van der Waals surface area contributed by atoms with Crippen molar-refractivity contribution >= 4 is 5.97 Å². The van der Waals surface area contributed by atoms with Crippen molar-refractivity contribution in [1.29, 1.82) is 0 Å². The standard InChI is InChI=1S/C23H31FO4/c1-5-23(27)19(28-13(2)25)12-17-14-6-7-16-20(24)18(26)9-10-21(16,3)15(14)8-11-22(17,23)4/h1,14-15,17-19,26-27H,6-12H2,2-4H3/t14-,15-,17+,18?,19?,21-,22+,23?/m1/s1. The molecule has 0 aromatic heterocycles. The summed E-state index contributed by atoms with van der Waals surface area (Å²) >= 11 is 0. The van der Waals surface area contributed by atoms with Crippen LogP contribution in [-0.2, 0) is 9.53 Å². The van der Waals surface area contributed by atoms with Gasteiger partial charge in [-0.15, -0.1) is 6.42 Å². The van der Waals surface area contributed by atoms with Gasteiger partial charge in [0, 0.05) is 12.3 Å². The number of ether oxygens (including phenoxy) is 1. The molecule has 5 heteroatoms. The largest absolute Gasteiger partial charge is 0.458 e. The number of aliphatic hydroxyl groups is 2. The van der Waals surface area contributed by atoms with E-state index in [1.807, 2.05) is 6.92 Å². The van der Waals surface area contributed by atoms with E-state index in [0.29, 0.717) is 31.1 Å². The quantitative estimate of drug-likeness (QED) is 0.531. The molecule has 0 aromatic rings. The van der Waals surface area contributed by atoms with Gasteiger partial charge in [-0.25, -0.2) is 4.39 Å². The fraction of sp³-hybridized carbons (Fsp3) is 0.783. The van der Waals surface area contributed by atoms with Crippen LogP contribution >= 0.6 is 0 Å². The molecule has 4 rings (SSSR count). The molecule has 154 valence electrons. The first kappa shape index (κ1) is 19.9. The smallest absolute Gasteiger partial charge is 0.303 e. The summed E-state index contributed by atoms with van der Waals surface area (Å²) in [6.45, 7) is 5.54. The average Bonchev–Trinajstić information content (AvgIpc) is 2.86. The first-order chi connectivity index (χ1) is 13.1. The number of halogens is 1. The fourth-order valence-electron chi connectivity index (χ4n) is 7.38. The highest BCUT2D eigenvalue weighted by Crippen LogP contribution is 2.68. The van der Waals surface area contributed by atoms with E-state index in [4.69, 9.17) is 11.2 Å². The van der Waals surface area contributed by atoms with Crippen LogP contribution in [0.15, 0.2) is 11.4 Å². The summed E-state index contributed by atoms with van der Waals surface area (Å²) in [7, 11) is 0. The number of rotatable bonds is 1. The molecule has 28 heavy (non-hydrogen) atoms. The molecule has 4 nitrogen and oxygen atoms in total. The van der Waals surface area contributed by atoms with Crippen LogP contribution in [0.1, 0.15) is 65.7 Å². The summed E-state index contributed by atoms with van der Waals surface area (Å²) < 4.78 is 20.2. The van der Waals surface area contributed by atoms with Crippen LogP contribution in [0.2, 0.25) is 0 Å². The molecule has 4 aliphatic carbocycles. The van der Waals surface area contributed by atoms with Crippen molar-refractivity contribution in [2.45, 2.75) is 83.5 Å². The number of carbonyl (C=O) groups is 1. The summed E-state index contributed by atoms with van der Waals surface area (Å²) in [5.74, 6) is 2.57. The van der Waals surface area contributed by atoms with Crippen LogP contribution in [0.5, 0.6) is 0 Å². The monoisotopic (exact) mass is 390 g/mol. The zero-order chi connectivity index (χ0) is 20.5. The van der Waals surface area contributed by atoms with Crippen molar-refractivity contribution in [1.82, 2.24) is 0 Å². The predicted octanol–water partition coefficient (Wildman–Crippen LogP) is 3.51. The minimum Gasteiger partial charge on any atom is -0.458 e. The second-order valence-corrected chi connectivity index (χ2v) is 9.91. The zero-order valence-corrected chi connectivity index (χ0v) is 17.0. The summed E-state index contributed by atoms with van der Waals surface area (Å²) in [6.07, 6.45) is 8.98. The van der Waals surface area contributed by atoms with E-state index < -0.39 is 29.2 Å². The number of esters is 1. The first-order valence-electron chi connectivity index (χ1n) is 10.5. The van der Waals surface area contributed by atoms with E-state index >= 15 is 0 Å². The van der Waals surface area contributed by atoms with Gasteiger partial charge in [-0.2, -0.15) is 0 Å². The molecule has 0 radical (unpaired) electrons. The highest BCUT2D eigenvalue weighted by molar-refractivity contribution is 5.66. The molecule has 0 heterocycles. The molecule has 4 aliphatic rings. The Labute approximate surface area is 166 Å². The lowest BCUT2D eigenvalue weighted by atomic mass is 9.46. The fourth-order valence-corrected chi connectivity index (χ4v) is 7.38. The second kappa shape index (κ2) is 6.31. The molecule has 0 saturated heterocycles. The second-order valence-electron chi connectivity index (χ2n) is 9.91. The van der Waals surface area contributed by atoms with Gasteiger partial charge in [0.1, 0.15) is 18.0 Å². The molecule has 0 spiro atoms. The van der Waals surface area contributed by atoms with Crippen molar-refractivity contribution < 1.29 is 24.1 Å². The molecule has 0 aliphatic heterocycles. The number of hydrogen-bond donors (Lipinski definition) is 2. The van der Waals surface area contributed by atoms with E-state index in [0.717, 1.165) is 31.3 Å². The molecule has 8 atom stereocenters. The molecular formula is C23H31FO4. The normalized spacial score (nSPS) is 50.2. The maximum Gasteiger partial charge on any atom is 0.303 e. The number of fused-ring (bicyclic) bond motifs is 5. The SMILES string of the molecule is C#CC1(O)C(OC(C)=O)C[C@H]2[C@@H]3CCC4=C(F)C(O)CC[C@]4(C)[C@@H]3CC[C@@]21C. The lowest BCUT2D eigenvalue weighted by Crippen LogP contribution is -2.56. The molecule has 0 amide bonds. The van der Waals surface area contributed by atoms with Crippen LogP contribution < -0.4 is 0 Å². The molecule has 0 aromatic carbocycles. The van der Waals surface area contributed by atoms with E-state index in [-0.39, 0.29) is 17.2 Å². The Kier molecular flexibility index (Phi) is 4.49. The van der Waals surface area contributed by atoms with Gasteiger partial charge in [0.25, 0.3) is 0 Å². The van der Waals surface area contributed by atoms with Crippen molar-refractivity contribution in [2.75, 3.05) is 0 Å². The van der Waals surface area contributed by atoms with Gasteiger partial charge < -0.3 is 14.9 Å².